The van der Waals surface area contributed by atoms with E-state index >= 15 is 0 Å². The normalized spacial score (nSPS) is 19.8. The first kappa shape index (κ1) is 13.1. The summed E-state index contributed by atoms with van der Waals surface area (Å²) in [6.07, 6.45) is 2.94. The van der Waals surface area contributed by atoms with Crippen molar-refractivity contribution >= 4 is 11.8 Å². The smallest absolute Gasteiger partial charge is 0.224 e. The van der Waals surface area contributed by atoms with Gasteiger partial charge in [-0.1, -0.05) is 20.8 Å². The van der Waals surface area contributed by atoms with Crippen molar-refractivity contribution < 1.29 is 0 Å². The number of hydrogen-bond acceptors (Lipinski definition) is 5. The summed E-state index contributed by atoms with van der Waals surface area (Å²) >= 11 is 0. The summed E-state index contributed by atoms with van der Waals surface area (Å²) in [7, 11) is 0. The summed E-state index contributed by atoms with van der Waals surface area (Å²) in [6, 6.07) is 2.40. The molecule has 0 aliphatic carbocycles. The minimum Gasteiger partial charge on any atom is -0.366 e. The van der Waals surface area contributed by atoms with Crippen LogP contribution >= 0.6 is 0 Å². The minimum atomic E-state index is 0.224. The summed E-state index contributed by atoms with van der Waals surface area (Å²) in [4.78, 5) is 8.72. The Kier molecular flexibility index (Phi) is 4.01. The van der Waals surface area contributed by atoms with Crippen LogP contribution in [-0.4, -0.2) is 35.6 Å². The van der Waals surface area contributed by atoms with Crippen molar-refractivity contribution in [2.75, 3.05) is 30.3 Å². The monoisotopic (exact) mass is 249 g/mol. The molecule has 2 heterocycles. The Balaban J connectivity index is 1.92. The molecule has 0 bridgehead atoms. The molecule has 3 N–H and O–H groups in total. The second kappa shape index (κ2) is 5.52. The van der Waals surface area contributed by atoms with Crippen LogP contribution in [0.25, 0.3) is 0 Å². The number of rotatable bonds is 4. The summed E-state index contributed by atoms with van der Waals surface area (Å²) in [5.41, 5.74) is 0.224. The van der Waals surface area contributed by atoms with Crippen molar-refractivity contribution in [2.24, 2.45) is 5.41 Å². The van der Waals surface area contributed by atoms with E-state index in [0.29, 0.717) is 12.0 Å². The molecule has 0 spiro atoms. The minimum absolute atomic E-state index is 0.224. The molecule has 0 saturated carbocycles. The molecule has 1 aliphatic heterocycles. The van der Waals surface area contributed by atoms with Crippen LogP contribution in [0, 0.1) is 5.41 Å². The maximum atomic E-state index is 4.48. The third kappa shape index (κ3) is 4.14. The third-order valence-electron chi connectivity index (χ3n) is 2.84. The van der Waals surface area contributed by atoms with E-state index < -0.39 is 0 Å². The molecule has 1 aliphatic rings. The third-order valence-corrected chi connectivity index (χ3v) is 2.84. The van der Waals surface area contributed by atoms with E-state index in [2.05, 4.69) is 46.7 Å². The number of nitrogens with zero attached hydrogens (tertiary/aromatic N) is 2. The average Bonchev–Trinajstić information content (AvgIpc) is 2.79. The molecule has 5 nitrogen and oxygen atoms in total. The van der Waals surface area contributed by atoms with Gasteiger partial charge in [-0.25, -0.2) is 4.98 Å². The Bertz CT molecular complexity index is 379. The van der Waals surface area contributed by atoms with Crippen LogP contribution < -0.4 is 16.0 Å². The molecule has 1 atom stereocenters. The maximum absolute atomic E-state index is 4.48. The SMILES string of the molecule is CC(C)(C)CNc1nccc(NC2CCNC2)n1. The molecular weight excluding hydrogens is 226 g/mol. The largest absolute Gasteiger partial charge is 0.366 e. The molecule has 2 rings (SSSR count). The van der Waals surface area contributed by atoms with E-state index in [9.17, 15) is 0 Å². The maximum Gasteiger partial charge on any atom is 0.224 e. The quantitative estimate of drug-likeness (QED) is 0.758. The first-order chi connectivity index (χ1) is 8.53. The summed E-state index contributed by atoms with van der Waals surface area (Å²) in [5, 5.41) is 10.0. The zero-order valence-electron chi connectivity index (χ0n) is 11.5. The lowest BCUT2D eigenvalue weighted by atomic mass is 9.97. The van der Waals surface area contributed by atoms with E-state index in [-0.39, 0.29) is 5.41 Å². The molecule has 5 heteroatoms. The van der Waals surface area contributed by atoms with Gasteiger partial charge < -0.3 is 16.0 Å². The van der Waals surface area contributed by atoms with Gasteiger partial charge in [-0.2, -0.15) is 4.98 Å². The van der Waals surface area contributed by atoms with Crippen LogP contribution in [0.5, 0.6) is 0 Å². The van der Waals surface area contributed by atoms with Gasteiger partial charge >= 0.3 is 0 Å². The zero-order valence-corrected chi connectivity index (χ0v) is 11.5. The van der Waals surface area contributed by atoms with E-state index in [1.807, 2.05) is 6.07 Å². The van der Waals surface area contributed by atoms with Gasteiger partial charge in [0, 0.05) is 25.3 Å². The molecule has 1 saturated heterocycles. The average molecular weight is 249 g/mol. The molecule has 0 amide bonds. The molecule has 1 fully saturated rings. The van der Waals surface area contributed by atoms with E-state index in [1.54, 1.807) is 6.20 Å². The van der Waals surface area contributed by atoms with Crippen LogP contribution in [0.2, 0.25) is 0 Å². The molecule has 100 valence electrons. The predicted molar refractivity (Wildman–Crippen MR) is 74.9 cm³/mol. The molecule has 0 aromatic carbocycles. The fraction of sp³-hybridized carbons (Fsp3) is 0.692. The molecule has 0 radical (unpaired) electrons. The second-order valence-electron chi connectivity index (χ2n) is 6.01. The van der Waals surface area contributed by atoms with Crippen LogP contribution in [0.3, 0.4) is 0 Å². The highest BCUT2D eigenvalue weighted by Crippen LogP contribution is 2.14. The molecule has 1 aromatic heterocycles. The first-order valence-electron chi connectivity index (χ1n) is 6.57. The van der Waals surface area contributed by atoms with Gasteiger partial charge in [0.2, 0.25) is 5.95 Å². The van der Waals surface area contributed by atoms with E-state index in [0.717, 1.165) is 31.9 Å². The highest BCUT2D eigenvalue weighted by atomic mass is 15.2. The molecular formula is C13H23N5. The van der Waals surface area contributed by atoms with Gasteiger partial charge in [0.05, 0.1) is 0 Å². The first-order valence-corrected chi connectivity index (χ1v) is 6.57. The van der Waals surface area contributed by atoms with Crippen molar-refractivity contribution in [1.29, 1.82) is 0 Å². The highest BCUT2D eigenvalue weighted by molar-refractivity contribution is 5.40. The van der Waals surface area contributed by atoms with Crippen molar-refractivity contribution in [3.63, 3.8) is 0 Å². The Morgan fingerprint density at radius 1 is 1.44 bits per heavy atom. The van der Waals surface area contributed by atoms with Gasteiger partial charge in [-0.15, -0.1) is 0 Å². The number of nitrogens with one attached hydrogen (secondary N) is 3. The van der Waals surface area contributed by atoms with Crippen LogP contribution in [0.4, 0.5) is 11.8 Å². The van der Waals surface area contributed by atoms with Crippen molar-refractivity contribution in [2.45, 2.75) is 33.2 Å². The zero-order chi connectivity index (χ0) is 13.0. The van der Waals surface area contributed by atoms with Crippen molar-refractivity contribution in [3.05, 3.63) is 12.3 Å². The molecule has 1 unspecified atom stereocenters. The highest BCUT2D eigenvalue weighted by Gasteiger charge is 2.15. The lowest BCUT2D eigenvalue weighted by molar-refractivity contribution is 0.442. The predicted octanol–water partition coefficient (Wildman–Crippen LogP) is 1.71. The molecule has 18 heavy (non-hydrogen) atoms. The Morgan fingerprint density at radius 2 is 2.28 bits per heavy atom. The number of anilines is 2. The Labute approximate surface area is 109 Å². The summed E-state index contributed by atoms with van der Waals surface area (Å²) < 4.78 is 0. The van der Waals surface area contributed by atoms with E-state index in [4.69, 9.17) is 0 Å². The Hall–Kier alpha value is -1.36. The van der Waals surface area contributed by atoms with Gasteiger partial charge in [-0.05, 0) is 24.4 Å². The molecule has 1 aromatic rings. The number of aromatic nitrogens is 2. The van der Waals surface area contributed by atoms with Gasteiger partial charge in [0.15, 0.2) is 0 Å². The lowest BCUT2D eigenvalue weighted by Crippen LogP contribution is -2.23. The topological polar surface area (TPSA) is 61.9 Å². The fourth-order valence-corrected chi connectivity index (χ4v) is 1.86. The lowest BCUT2D eigenvalue weighted by Gasteiger charge is -2.19. The van der Waals surface area contributed by atoms with Crippen molar-refractivity contribution in [1.82, 2.24) is 15.3 Å². The van der Waals surface area contributed by atoms with Gasteiger partial charge in [-0.3, -0.25) is 0 Å². The van der Waals surface area contributed by atoms with Crippen LogP contribution in [0.1, 0.15) is 27.2 Å². The summed E-state index contributed by atoms with van der Waals surface area (Å²) in [5.74, 6) is 1.59. The summed E-state index contributed by atoms with van der Waals surface area (Å²) in [6.45, 7) is 9.51. The van der Waals surface area contributed by atoms with Crippen LogP contribution in [-0.2, 0) is 0 Å². The van der Waals surface area contributed by atoms with Crippen LogP contribution in [0.15, 0.2) is 12.3 Å². The fourth-order valence-electron chi connectivity index (χ4n) is 1.86. The van der Waals surface area contributed by atoms with Crippen molar-refractivity contribution in [3.8, 4) is 0 Å². The second-order valence-corrected chi connectivity index (χ2v) is 6.01. The van der Waals surface area contributed by atoms with Gasteiger partial charge in [0.1, 0.15) is 5.82 Å². The van der Waals surface area contributed by atoms with Gasteiger partial charge in [0.25, 0.3) is 0 Å². The van der Waals surface area contributed by atoms with E-state index in [1.165, 1.54) is 0 Å². The number of hydrogen-bond donors (Lipinski definition) is 3. The Morgan fingerprint density at radius 3 is 2.94 bits per heavy atom. The standard InChI is InChI=1S/C13H23N5/c1-13(2,3)9-16-12-15-7-5-11(18-12)17-10-4-6-14-8-10/h5,7,10,14H,4,6,8-9H2,1-3H3,(H2,15,16,17,18).